The van der Waals surface area contributed by atoms with Gasteiger partial charge in [0.1, 0.15) is 5.69 Å². The van der Waals surface area contributed by atoms with E-state index in [0.717, 1.165) is 23.7 Å². The van der Waals surface area contributed by atoms with Gasteiger partial charge in [-0.05, 0) is 24.6 Å². The molecule has 24 heavy (non-hydrogen) atoms. The number of amides is 1. The smallest absolute Gasteiger partial charge is 0.274 e. The molecule has 2 aromatic heterocycles. The SMILES string of the molecule is Cc1ccc2nc(N3CCN(C(=O)c4cnccn4)CC3)sc2c1. The van der Waals surface area contributed by atoms with Crippen LogP contribution in [0.25, 0.3) is 10.2 Å². The summed E-state index contributed by atoms with van der Waals surface area (Å²) in [4.78, 5) is 29.3. The lowest BCUT2D eigenvalue weighted by Crippen LogP contribution is -2.49. The molecule has 1 aliphatic heterocycles. The van der Waals surface area contributed by atoms with Crippen molar-refractivity contribution in [2.45, 2.75) is 6.92 Å². The first-order chi connectivity index (χ1) is 11.7. The van der Waals surface area contributed by atoms with E-state index in [9.17, 15) is 4.79 Å². The van der Waals surface area contributed by atoms with Gasteiger partial charge in [0.25, 0.3) is 5.91 Å². The quantitative estimate of drug-likeness (QED) is 0.717. The number of thiazole rings is 1. The van der Waals surface area contributed by atoms with Gasteiger partial charge in [0.2, 0.25) is 0 Å². The molecule has 1 fully saturated rings. The fraction of sp³-hybridized carbons (Fsp3) is 0.294. The fourth-order valence-electron chi connectivity index (χ4n) is 2.83. The van der Waals surface area contributed by atoms with E-state index in [1.165, 1.54) is 16.5 Å². The molecule has 4 rings (SSSR count). The number of hydrogen-bond acceptors (Lipinski definition) is 6. The minimum atomic E-state index is -0.0531. The average molecular weight is 339 g/mol. The molecular formula is C17H17N5OS. The highest BCUT2D eigenvalue weighted by Gasteiger charge is 2.24. The van der Waals surface area contributed by atoms with Crippen molar-refractivity contribution in [2.24, 2.45) is 0 Å². The third-order valence-corrected chi connectivity index (χ3v) is 5.23. The van der Waals surface area contributed by atoms with Crippen LogP contribution >= 0.6 is 11.3 Å². The standard InChI is InChI=1S/C17H17N5OS/c1-12-2-3-13-15(10-12)24-17(20-13)22-8-6-21(7-9-22)16(23)14-11-18-4-5-19-14/h2-5,10-11H,6-9H2,1H3. The van der Waals surface area contributed by atoms with Crippen LogP contribution in [0.2, 0.25) is 0 Å². The van der Waals surface area contributed by atoms with Crippen LogP contribution in [0, 0.1) is 6.92 Å². The number of anilines is 1. The largest absolute Gasteiger partial charge is 0.345 e. The Bertz CT molecular complexity index is 871. The second-order valence-electron chi connectivity index (χ2n) is 5.84. The molecule has 1 aliphatic rings. The molecule has 0 N–H and O–H groups in total. The number of piperazine rings is 1. The summed E-state index contributed by atoms with van der Waals surface area (Å²) in [5.41, 5.74) is 2.69. The van der Waals surface area contributed by atoms with E-state index >= 15 is 0 Å². The lowest BCUT2D eigenvalue weighted by molar-refractivity contribution is 0.0740. The van der Waals surface area contributed by atoms with Crippen molar-refractivity contribution in [2.75, 3.05) is 31.1 Å². The van der Waals surface area contributed by atoms with Crippen LogP contribution in [0.3, 0.4) is 0 Å². The van der Waals surface area contributed by atoms with Gasteiger partial charge in [-0.1, -0.05) is 17.4 Å². The van der Waals surface area contributed by atoms with Gasteiger partial charge in [-0.3, -0.25) is 9.78 Å². The van der Waals surface area contributed by atoms with Crippen molar-refractivity contribution in [3.63, 3.8) is 0 Å². The van der Waals surface area contributed by atoms with E-state index in [1.807, 2.05) is 4.90 Å². The predicted molar refractivity (Wildman–Crippen MR) is 94.5 cm³/mol. The normalized spacial score (nSPS) is 15.0. The fourth-order valence-corrected chi connectivity index (χ4v) is 3.94. The van der Waals surface area contributed by atoms with E-state index in [4.69, 9.17) is 4.98 Å². The molecule has 0 atom stereocenters. The molecule has 1 saturated heterocycles. The monoisotopic (exact) mass is 339 g/mol. The molecule has 7 heteroatoms. The number of nitrogens with zero attached hydrogens (tertiary/aromatic N) is 5. The number of rotatable bonds is 2. The molecule has 0 unspecified atom stereocenters. The number of carbonyl (C=O) groups is 1. The summed E-state index contributed by atoms with van der Waals surface area (Å²) in [6.45, 7) is 5.00. The van der Waals surface area contributed by atoms with Crippen LogP contribution in [0.1, 0.15) is 16.1 Å². The van der Waals surface area contributed by atoms with Crippen molar-refractivity contribution < 1.29 is 4.79 Å². The number of aryl methyl sites for hydroxylation is 1. The maximum atomic E-state index is 12.4. The maximum Gasteiger partial charge on any atom is 0.274 e. The Labute approximate surface area is 143 Å². The maximum absolute atomic E-state index is 12.4. The van der Waals surface area contributed by atoms with E-state index in [0.29, 0.717) is 18.8 Å². The molecule has 0 saturated carbocycles. The zero-order chi connectivity index (χ0) is 16.5. The van der Waals surface area contributed by atoms with Gasteiger partial charge in [-0.25, -0.2) is 9.97 Å². The Morgan fingerprint density at radius 1 is 1.17 bits per heavy atom. The molecule has 3 heterocycles. The van der Waals surface area contributed by atoms with Crippen molar-refractivity contribution in [3.05, 3.63) is 48.0 Å². The second kappa shape index (κ2) is 6.16. The summed E-state index contributed by atoms with van der Waals surface area (Å²) < 4.78 is 1.21. The van der Waals surface area contributed by atoms with Crippen molar-refractivity contribution >= 4 is 32.6 Å². The zero-order valence-corrected chi connectivity index (χ0v) is 14.2. The van der Waals surface area contributed by atoms with Crippen LogP contribution in [0.4, 0.5) is 5.13 Å². The predicted octanol–water partition coefficient (Wildman–Crippen LogP) is 2.36. The number of carbonyl (C=O) groups excluding carboxylic acids is 1. The molecule has 122 valence electrons. The molecule has 6 nitrogen and oxygen atoms in total. The minimum Gasteiger partial charge on any atom is -0.345 e. The number of benzene rings is 1. The number of aromatic nitrogens is 3. The van der Waals surface area contributed by atoms with Gasteiger partial charge in [0, 0.05) is 38.6 Å². The van der Waals surface area contributed by atoms with Gasteiger partial charge in [-0.15, -0.1) is 0 Å². The molecule has 0 spiro atoms. The van der Waals surface area contributed by atoms with Crippen molar-refractivity contribution in [1.82, 2.24) is 19.9 Å². The Balaban J connectivity index is 1.46. The first kappa shape index (κ1) is 15.0. The van der Waals surface area contributed by atoms with Gasteiger partial charge >= 0.3 is 0 Å². The van der Waals surface area contributed by atoms with Gasteiger partial charge < -0.3 is 9.80 Å². The third kappa shape index (κ3) is 2.82. The molecule has 0 bridgehead atoms. The molecular weight excluding hydrogens is 322 g/mol. The van der Waals surface area contributed by atoms with Crippen LogP contribution in [-0.4, -0.2) is 51.9 Å². The number of hydrogen-bond donors (Lipinski definition) is 0. The summed E-state index contributed by atoms with van der Waals surface area (Å²) >= 11 is 1.71. The lowest BCUT2D eigenvalue weighted by Gasteiger charge is -2.34. The van der Waals surface area contributed by atoms with E-state index in [1.54, 1.807) is 23.7 Å². The summed E-state index contributed by atoms with van der Waals surface area (Å²) in [6.07, 6.45) is 4.64. The summed E-state index contributed by atoms with van der Waals surface area (Å²) in [5.74, 6) is -0.0531. The first-order valence-corrected chi connectivity index (χ1v) is 8.70. The van der Waals surface area contributed by atoms with E-state index < -0.39 is 0 Å². The first-order valence-electron chi connectivity index (χ1n) is 7.88. The van der Waals surface area contributed by atoms with Gasteiger partial charge in [-0.2, -0.15) is 0 Å². The molecule has 3 aromatic rings. The van der Waals surface area contributed by atoms with Crippen LogP contribution in [-0.2, 0) is 0 Å². The highest BCUT2D eigenvalue weighted by Crippen LogP contribution is 2.30. The highest BCUT2D eigenvalue weighted by molar-refractivity contribution is 7.22. The van der Waals surface area contributed by atoms with Crippen molar-refractivity contribution in [3.8, 4) is 0 Å². The Hall–Kier alpha value is -2.54. The van der Waals surface area contributed by atoms with Gasteiger partial charge in [0.05, 0.1) is 16.4 Å². The third-order valence-electron chi connectivity index (χ3n) is 4.15. The van der Waals surface area contributed by atoms with Crippen LogP contribution in [0.15, 0.2) is 36.8 Å². The molecule has 1 amide bonds. The van der Waals surface area contributed by atoms with Crippen LogP contribution in [0.5, 0.6) is 0 Å². The topological polar surface area (TPSA) is 62.2 Å². The molecule has 1 aromatic carbocycles. The highest BCUT2D eigenvalue weighted by atomic mass is 32.1. The zero-order valence-electron chi connectivity index (χ0n) is 13.3. The molecule has 0 aliphatic carbocycles. The molecule has 0 radical (unpaired) electrons. The van der Waals surface area contributed by atoms with E-state index in [-0.39, 0.29) is 5.91 Å². The van der Waals surface area contributed by atoms with Gasteiger partial charge in [0.15, 0.2) is 5.13 Å². The van der Waals surface area contributed by atoms with E-state index in [2.05, 4.69) is 40.0 Å². The summed E-state index contributed by atoms with van der Waals surface area (Å²) in [5, 5.41) is 1.03. The minimum absolute atomic E-state index is 0.0531. The average Bonchev–Trinajstić information content (AvgIpc) is 3.05. The van der Waals surface area contributed by atoms with Crippen LogP contribution < -0.4 is 4.90 Å². The Morgan fingerprint density at radius 3 is 2.75 bits per heavy atom. The lowest BCUT2D eigenvalue weighted by atomic mass is 10.2. The summed E-state index contributed by atoms with van der Waals surface area (Å²) in [7, 11) is 0. The second-order valence-corrected chi connectivity index (χ2v) is 6.85. The summed E-state index contributed by atoms with van der Waals surface area (Å²) in [6, 6.07) is 6.33. The Morgan fingerprint density at radius 2 is 2.00 bits per heavy atom. The number of fused-ring (bicyclic) bond motifs is 1. The van der Waals surface area contributed by atoms with Crippen molar-refractivity contribution in [1.29, 1.82) is 0 Å². The Kier molecular flexibility index (Phi) is 3.86.